The third kappa shape index (κ3) is 1.15. The molecular formula is C11H7NO3. The average Bonchev–Trinajstić information content (AvgIpc) is 2.88. The molecule has 0 saturated heterocycles. The predicted octanol–water partition coefficient (Wildman–Crippen LogP) is 2.01. The Hall–Kier alpha value is -2.10. The van der Waals surface area contributed by atoms with Crippen LogP contribution in [-0.4, -0.2) is 11.0 Å². The fourth-order valence-electron chi connectivity index (χ4n) is 1.73. The van der Waals surface area contributed by atoms with E-state index in [0.29, 0.717) is 17.9 Å². The number of ether oxygens (including phenoxy) is 1. The predicted molar refractivity (Wildman–Crippen MR) is 51.1 cm³/mol. The van der Waals surface area contributed by atoms with Crippen molar-refractivity contribution in [2.45, 2.75) is 6.61 Å². The molecule has 0 bridgehead atoms. The number of benzene rings is 1. The second kappa shape index (κ2) is 2.95. The van der Waals surface area contributed by atoms with Gasteiger partial charge < -0.3 is 9.15 Å². The van der Waals surface area contributed by atoms with Crippen molar-refractivity contribution < 1.29 is 13.9 Å². The van der Waals surface area contributed by atoms with Gasteiger partial charge in [0.05, 0.1) is 11.8 Å². The van der Waals surface area contributed by atoms with Crippen LogP contribution in [0.25, 0.3) is 11.3 Å². The van der Waals surface area contributed by atoms with Crippen LogP contribution in [0.5, 0.6) is 0 Å². The second-order valence-corrected chi connectivity index (χ2v) is 3.27. The Balaban J connectivity index is 2.23. The third-order valence-corrected chi connectivity index (χ3v) is 2.44. The molecule has 3 rings (SSSR count). The number of hydrogen-bond acceptors (Lipinski definition) is 4. The number of nitrogens with zero attached hydrogens (tertiary/aromatic N) is 1. The molecule has 0 aliphatic carbocycles. The maximum absolute atomic E-state index is 11.3. The summed E-state index contributed by atoms with van der Waals surface area (Å²) in [7, 11) is 0. The van der Waals surface area contributed by atoms with Gasteiger partial charge in [-0.3, -0.25) is 0 Å². The monoisotopic (exact) mass is 201 g/mol. The number of hydrogen-bond donors (Lipinski definition) is 0. The molecule has 0 N–H and O–H groups in total. The topological polar surface area (TPSA) is 52.3 Å². The molecule has 15 heavy (non-hydrogen) atoms. The number of rotatable bonds is 1. The van der Waals surface area contributed by atoms with Gasteiger partial charge in [0.15, 0.2) is 12.2 Å². The summed E-state index contributed by atoms with van der Waals surface area (Å²) in [6.07, 6.45) is 2.99. The zero-order chi connectivity index (χ0) is 10.3. The smallest absolute Gasteiger partial charge is 0.338 e. The van der Waals surface area contributed by atoms with Gasteiger partial charge in [0.25, 0.3) is 0 Å². The second-order valence-electron chi connectivity index (χ2n) is 3.27. The summed E-state index contributed by atoms with van der Waals surface area (Å²) in [6, 6.07) is 5.45. The summed E-state index contributed by atoms with van der Waals surface area (Å²) in [6.45, 7) is 0.311. The third-order valence-electron chi connectivity index (χ3n) is 2.44. The van der Waals surface area contributed by atoms with Crippen molar-refractivity contribution in [2.24, 2.45) is 0 Å². The molecular weight excluding hydrogens is 194 g/mol. The number of aromatic nitrogens is 1. The molecule has 0 unspecified atom stereocenters. The molecule has 4 nitrogen and oxygen atoms in total. The zero-order valence-corrected chi connectivity index (χ0v) is 7.77. The van der Waals surface area contributed by atoms with E-state index in [-0.39, 0.29) is 5.97 Å². The van der Waals surface area contributed by atoms with Crippen molar-refractivity contribution in [1.29, 1.82) is 0 Å². The molecule has 0 atom stereocenters. The largest absolute Gasteiger partial charge is 0.457 e. The van der Waals surface area contributed by atoms with Gasteiger partial charge in [0.1, 0.15) is 6.61 Å². The first-order chi connectivity index (χ1) is 7.36. The SMILES string of the molecule is O=C1OCc2c1cccc2-c1cnco1. The van der Waals surface area contributed by atoms with Gasteiger partial charge >= 0.3 is 5.97 Å². The van der Waals surface area contributed by atoms with Crippen molar-refractivity contribution in [3.05, 3.63) is 41.9 Å². The van der Waals surface area contributed by atoms with Gasteiger partial charge in [-0.15, -0.1) is 0 Å². The molecule has 2 aromatic rings. The van der Waals surface area contributed by atoms with Gasteiger partial charge in [-0.2, -0.15) is 0 Å². The Labute approximate surface area is 85.5 Å². The number of carbonyl (C=O) groups excluding carboxylic acids is 1. The minimum atomic E-state index is -0.272. The number of esters is 1. The highest BCUT2D eigenvalue weighted by Crippen LogP contribution is 2.30. The van der Waals surface area contributed by atoms with E-state index in [1.165, 1.54) is 6.39 Å². The summed E-state index contributed by atoms with van der Waals surface area (Å²) >= 11 is 0. The first kappa shape index (κ1) is 8.23. The Kier molecular flexibility index (Phi) is 1.62. The molecule has 1 aromatic carbocycles. The Bertz CT molecular complexity index is 517. The molecule has 0 amide bonds. The minimum absolute atomic E-state index is 0.272. The lowest BCUT2D eigenvalue weighted by molar-refractivity contribution is 0.0535. The van der Waals surface area contributed by atoms with E-state index in [0.717, 1.165) is 11.1 Å². The summed E-state index contributed by atoms with van der Waals surface area (Å²) in [5.41, 5.74) is 2.36. The van der Waals surface area contributed by atoms with Crippen LogP contribution in [-0.2, 0) is 11.3 Å². The quantitative estimate of drug-likeness (QED) is 0.662. The van der Waals surface area contributed by atoms with Gasteiger partial charge in [-0.1, -0.05) is 12.1 Å². The van der Waals surface area contributed by atoms with E-state index < -0.39 is 0 Å². The first-order valence-corrected chi connectivity index (χ1v) is 4.54. The highest BCUT2D eigenvalue weighted by Gasteiger charge is 2.24. The standard InChI is InChI=1S/C11H7NO3/c13-11-8-3-1-2-7(9(8)5-14-11)10-4-12-6-15-10/h1-4,6H,5H2. The van der Waals surface area contributed by atoms with Crippen LogP contribution in [0, 0.1) is 0 Å². The Morgan fingerprint density at radius 1 is 1.27 bits per heavy atom. The summed E-state index contributed by atoms with van der Waals surface area (Å²) in [5, 5.41) is 0. The lowest BCUT2D eigenvalue weighted by Crippen LogP contribution is -1.93. The minimum Gasteiger partial charge on any atom is -0.457 e. The molecule has 0 fully saturated rings. The van der Waals surface area contributed by atoms with Crippen molar-refractivity contribution >= 4 is 5.97 Å². The van der Waals surface area contributed by atoms with Crippen LogP contribution in [0.1, 0.15) is 15.9 Å². The highest BCUT2D eigenvalue weighted by molar-refractivity contribution is 5.95. The number of carbonyl (C=O) groups is 1. The van der Waals surface area contributed by atoms with Crippen LogP contribution < -0.4 is 0 Å². The summed E-state index contributed by atoms with van der Waals surface area (Å²) < 4.78 is 10.2. The molecule has 0 saturated carbocycles. The molecule has 1 aliphatic heterocycles. The van der Waals surface area contributed by atoms with Crippen molar-refractivity contribution in [3.63, 3.8) is 0 Å². The average molecular weight is 201 g/mol. The summed E-state index contributed by atoms with van der Waals surface area (Å²) in [5.74, 6) is 0.386. The molecule has 4 heteroatoms. The van der Waals surface area contributed by atoms with Gasteiger partial charge in [0.2, 0.25) is 0 Å². The van der Waals surface area contributed by atoms with Crippen LogP contribution in [0.2, 0.25) is 0 Å². The molecule has 0 radical (unpaired) electrons. The summed E-state index contributed by atoms with van der Waals surface area (Å²) in [4.78, 5) is 15.2. The van der Waals surface area contributed by atoms with E-state index >= 15 is 0 Å². The zero-order valence-electron chi connectivity index (χ0n) is 7.77. The van der Waals surface area contributed by atoms with Crippen molar-refractivity contribution in [1.82, 2.24) is 4.98 Å². The van der Waals surface area contributed by atoms with Crippen LogP contribution in [0.15, 0.2) is 35.2 Å². The maximum Gasteiger partial charge on any atom is 0.338 e. The normalized spacial score (nSPS) is 13.7. The van der Waals surface area contributed by atoms with Crippen LogP contribution in [0.3, 0.4) is 0 Å². The lowest BCUT2D eigenvalue weighted by Gasteiger charge is -2.00. The number of cyclic esters (lactones) is 1. The van der Waals surface area contributed by atoms with E-state index in [4.69, 9.17) is 9.15 Å². The van der Waals surface area contributed by atoms with E-state index in [9.17, 15) is 4.79 Å². The Morgan fingerprint density at radius 2 is 2.13 bits per heavy atom. The van der Waals surface area contributed by atoms with E-state index in [1.807, 2.05) is 12.1 Å². The maximum atomic E-state index is 11.3. The van der Waals surface area contributed by atoms with Gasteiger partial charge in [-0.25, -0.2) is 9.78 Å². The molecule has 0 spiro atoms. The van der Waals surface area contributed by atoms with E-state index in [2.05, 4.69) is 4.98 Å². The van der Waals surface area contributed by atoms with Crippen LogP contribution in [0.4, 0.5) is 0 Å². The number of fused-ring (bicyclic) bond motifs is 1. The molecule has 2 heterocycles. The molecule has 74 valence electrons. The molecule has 1 aromatic heterocycles. The Morgan fingerprint density at radius 3 is 2.93 bits per heavy atom. The lowest BCUT2D eigenvalue weighted by atomic mass is 10.0. The fourth-order valence-corrected chi connectivity index (χ4v) is 1.73. The first-order valence-electron chi connectivity index (χ1n) is 4.54. The van der Waals surface area contributed by atoms with Gasteiger partial charge in [-0.05, 0) is 6.07 Å². The fraction of sp³-hybridized carbons (Fsp3) is 0.0909. The molecule has 1 aliphatic rings. The van der Waals surface area contributed by atoms with E-state index in [1.54, 1.807) is 12.3 Å². The van der Waals surface area contributed by atoms with Crippen LogP contribution >= 0.6 is 0 Å². The number of oxazole rings is 1. The van der Waals surface area contributed by atoms with Crippen molar-refractivity contribution in [3.8, 4) is 11.3 Å². The van der Waals surface area contributed by atoms with Crippen molar-refractivity contribution in [2.75, 3.05) is 0 Å². The van der Waals surface area contributed by atoms with Gasteiger partial charge in [0, 0.05) is 11.1 Å². The highest BCUT2D eigenvalue weighted by atomic mass is 16.5.